The standard InChI is InChI=1S/C20H23FN4O2/c1-24-10-12-25(13-11-24)18-8-6-17(7-9-18)23-19(26)14-22-20(27)15-2-4-16(21)5-3-15/h2-9H,10-14H2,1H3,(H,22,27)(H,23,26). The summed E-state index contributed by atoms with van der Waals surface area (Å²) in [5.41, 5.74) is 2.11. The summed E-state index contributed by atoms with van der Waals surface area (Å²) >= 11 is 0. The van der Waals surface area contributed by atoms with E-state index in [2.05, 4.69) is 27.5 Å². The molecule has 0 bridgehead atoms. The lowest BCUT2D eigenvalue weighted by atomic mass is 10.2. The van der Waals surface area contributed by atoms with Crippen LogP contribution >= 0.6 is 0 Å². The number of hydrogen-bond acceptors (Lipinski definition) is 4. The Hall–Kier alpha value is -2.93. The van der Waals surface area contributed by atoms with Gasteiger partial charge in [-0.1, -0.05) is 0 Å². The lowest BCUT2D eigenvalue weighted by Gasteiger charge is -2.34. The van der Waals surface area contributed by atoms with Crippen molar-refractivity contribution in [1.82, 2.24) is 10.2 Å². The number of halogens is 1. The number of hydrogen-bond donors (Lipinski definition) is 2. The Morgan fingerprint density at radius 2 is 1.59 bits per heavy atom. The van der Waals surface area contributed by atoms with Crippen molar-refractivity contribution < 1.29 is 14.0 Å². The molecular formula is C20H23FN4O2. The summed E-state index contributed by atoms with van der Waals surface area (Å²) in [6.07, 6.45) is 0. The van der Waals surface area contributed by atoms with E-state index in [0.29, 0.717) is 11.3 Å². The van der Waals surface area contributed by atoms with Crippen molar-refractivity contribution in [3.8, 4) is 0 Å². The molecule has 2 aromatic rings. The van der Waals surface area contributed by atoms with Gasteiger partial charge in [0.15, 0.2) is 0 Å². The fourth-order valence-electron chi connectivity index (χ4n) is 2.89. The minimum atomic E-state index is -0.421. The monoisotopic (exact) mass is 370 g/mol. The van der Waals surface area contributed by atoms with Crippen LogP contribution in [0.1, 0.15) is 10.4 Å². The van der Waals surface area contributed by atoms with Gasteiger partial charge in [0.05, 0.1) is 6.54 Å². The fourth-order valence-corrected chi connectivity index (χ4v) is 2.89. The van der Waals surface area contributed by atoms with Crippen molar-refractivity contribution in [2.75, 3.05) is 50.0 Å². The molecule has 1 fully saturated rings. The van der Waals surface area contributed by atoms with Gasteiger partial charge in [0.25, 0.3) is 5.91 Å². The number of carbonyl (C=O) groups excluding carboxylic acids is 2. The van der Waals surface area contributed by atoms with E-state index < -0.39 is 11.7 Å². The van der Waals surface area contributed by atoms with E-state index in [4.69, 9.17) is 0 Å². The average Bonchev–Trinajstić information content (AvgIpc) is 2.68. The predicted octanol–water partition coefficient (Wildman–Crippen LogP) is 1.95. The molecule has 0 spiro atoms. The van der Waals surface area contributed by atoms with E-state index in [9.17, 15) is 14.0 Å². The Balaban J connectivity index is 1.47. The number of amides is 2. The van der Waals surface area contributed by atoms with Crippen molar-refractivity contribution >= 4 is 23.2 Å². The lowest BCUT2D eigenvalue weighted by molar-refractivity contribution is -0.115. The number of rotatable bonds is 5. The normalized spacial score (nSPS) is 14.7. The van der Waals surface area contributed by atoms with Gasteiger partial charge in [-0.25, -0.2) is 4.39 Å². The van der Waals surface area contributed by atoms with Gasteiger partial charge in [0.2, 0.25) is 5.91 Å². The van der Waals surface area contributed by atoms with Crippen LogP contribution in [0.3, 0.4) is 0 Å². The van der Waals surface area contributed by atoms with E-state index in [1.165, 1.54) is 24.3 Å². The summed E-state index contributed by atoms with van der Waals surface area (Å²) in [4.78, 5) is 28.6. The summed E-state index contributed by atoms with van der Waals surface area (Å²) in [7, 11) is 2.12. The van der Waals surface area contributed by atoms with Gasteiger partial charge in [-0.2, -0.15) is 0 Å². The van der Waals surface area contributed by atoms with E-state index in [1.807, 2.05) is 24.3 Å². The molecule has 1 aliphatic heterocycles. The van der Waals surface area contributed by atoms with Crippen LogP contribution in [0.5, 0.6) is 0 Å². The molecule has 3 rings (SSSR count). The SMILES string of the molecule is CN1CCN(c2ccc(NC(=O)CNC(=O)c3ccc(F)cc3)cc2)CC1. The van der Waals surface area contributed by atoms with Gasteiger partial charge in [0.1, 0.15) is 5.82 Å². The number of carbonyl (C=O) groups is 2. The topological polar surface area (TPSA) is 64.7 Å². The first-order chi connectivity index (χ1) is 13.0. The van der Waals surface area contributed by atoms with Gasteiger partial charge in [0, 0.05) is 43.1 Å². The molecule has 2 amide bonds. The van der Waals surface area contributed by atoms with Crippen LogP contribution in [0.4, 0.5) is 15.8 Å². The molecule has 142 valence electrons. The lowest BCUT2D eigenvalue weighted by Crippen LogP contribution is -2.44. The first kappa shape index (κ1) is 18.8. The fraction of sp³-hybridized carbons (Fsp3) is 0.300. The molecule has 6 nitrogen and oxygen atoms in total. The Morgan fingerprint density at radius 1 is 0.963 bits per heavy atom. The highest BCUT2D eigenvalue weighted by Gasteiger charge is 2.14. The summed E-state index contributed by atoms with van der Waals surface area (Å²) in [6.45, 7) is 3.88. The highest BCUT2D eigenvalue weighted by molar-refractivity contribution is 5.99. The largest absolute Gasteiger partial charge is 0.369 e. The molecule has 1 heterocycles. The van der Waals surface area contributed by atoms with E-state index in [0.717, 1.165) is 31.9 Å². The van der Waals surface area contributed by atoms with Crippen LogP contribution in [0.2, 0.25) is 0 Å². The smallest absolute Gasteiger partial charge is 0.251 e. The summed E-state index contributed by atoms with van der Waals surface area (Å²) in [6, 6.07) is 12.8. The van der Waals surface area contributed by atoms with Crippen LogP contribution in [-0.4, -0.2) is 56.5 Å². The third kappa shape index (κ3) is 5.27. The molecular weight excluding hydrogens is 347 g/mol. The van der Waals surface area contributed by atoms with E-state index in [1.54, 1.807) is 0 Å². The molecule has 27 heavy (non-hydrogen) atoms. The maximum Gasteiger partial charge on any atom is 0.251 e. The van der Waals surface area contributed by atoms with Crippen LogP contribution in [0.25, 0.3) is 0 Å². The van der Waals surface area contributed by atoms with Gasteiger partial charge >= 0.3 is 0 Å². The molecule has 1 aliphatic rings. The van der Waals surface area contributed by atoms with E-state index >= 15 is 0 Å². The number of nitrogens with zero attached hydrogens (tertiary/aromatic N) is 2. The van der Waals surface area contributed by atoms with Crippen molar-refractivity contribution in [3.63, 3.8) is 0 Å². The quantitative estimate of drug-likeness (QED) is 0.844. The zero-order valence-electron chi connectivity index (χ0n) is 15.2. The molecule has 0 unspecified atom stereocenters. The van der Waals surface area contributed by atoms with Crippen LogP contribution < -0.4 is 15.5 Å². The molecule has 7 heteroatoms. The molecule has 1 saturated heterocycles. The third-order valence-electron chi connectivity index (χ3n) is 4.54. The van der Waals surface area contributed by atoms with Crippen molar-refractivity contribution in [1.29, 1.82) is 0 Å². The molecule has 0 aliphatic carbocycles. The second-order valence-corrected chi connectivity index (χ2v) is 6.57. The summed E-state index contributed by atoms with van der Waals surface area (Å²) in [5.74, 6) is -1.15. The summed E-state index contributed by atoms with van der Waals surface area (Å²) in [5, 5.41) is 5.27. The van der Waals surface area contributed by atoms with Gasteiger partial charge in [-0.3, -0.25) is 9.59 Å². The first-order valence-electron chi connectivity index (χ1n) is 8.88. The number of benzene rings is 2. The van der Waals surface area contributed by atoms with Gasteiger partial charge < -0.3 is 20.4 Å². The Kier molecular flexibility index (Phi) is 6.03. The minimum absolute atomic E-state index is 0.156. The van der Waals surface area contributed by atoms with Crippen molar-refractivity contribution in [2.24, 2.45) is 0 Å². The second kappa shape index (κ2) is 8.64. The minimum Gasteiger partial charge on any atom is -0.369 e. The summed E-state index contributed by atoms with van der Waals surface area (Å²) < 4.78 is 12.9. The maximum absolute atomic E-state index is 12.9. The molecule has 0 radical (unpaired) electrons. The third-order valence-corrected chi connectivity index (χ3v) is 4.54. The van der Waals surface area contributed by atoms with Gasteiger partial charge in [-0.15, -0.1) is 0 Å². The number of likely N-dealkylation sites (N-methyl/N-ethyl adjacent to an activating group) is 1. The Labute approximate surface area is 158 Å². The van der Waals surface area contributed by atoms with Crippen LogP contribution in [0, 0.1) is 5.82 Å². The van der Waals surface area contributed by atoms with Crippen molar-refractivity contribution in [2.45, 2.75) is 0 Å². The van der Waals surface area contributed by atoms with Crippen molar-refractivity contribution in [3.05, 3.63) is 59.9 Å². The highest BCUT2D eigenvalue weighted by Crippen LogP contribution is 2.19. The van der Waals surface area contributed by atoms with Crippen LogP contribution in [0.15, 0.2) is 48.5 Å². The zero-order chi connectivity index (χ0) is 19.2. The Bertz CT molecular complexity index is 785. The number of nitrogens with one attached hydrogen (secondary N) is 2. The Morgan fingerprint density at radius 3 is 2.22 bits per heavy atom. The zero-order valence-corrected chi connectivity index (χ0v) is 15.2. The van der Waals surface area contributed by atoms with Gasteiger partial charge in [-0.05, 0) is 55.6 Å². The van der Waals surface area contributed by atoms with E-state index in [-0.39, 0.29) is 12.5 Å². The molecule has 0 atom stereocenters. The second-order valence-electron chi connectivity index (χ2n) is 6.57. The maximum atomic E-state index is 12.9. The average molecular weight is 370 g/mol. The first-order valence-corrected chi connectivity index (χ1v) is 8.88. The molecule has 0 aromatic heterocycles. The van der Waals surface area contributed by atoms with Crippen LogP contribution in [-0.2, 0) is 4.79 Å². The highest BCUT2D eigenvalue weighted by atomic mass is 19.1. The number of piperazine rings is 1. The number of anilines is 2. The molecule has 2 aromatic carbocycles. The predicted molar refractivity (Wildman–Crippen MR) is 104 cm³/mol. The molecule has 0 saturated carbocycles. The molecule has 2 N–H and O–H groups in total.